The lowest BCUT2D eigenvalue weighted by atomic mass is 9.82. The van der Waals surface area contributed by atoms with Crippen LogP contribution in [0.3, 0.4) is 0 Å². The van der Waals surface area contributed by atoms with E-state index >= 15 is 0 Å². The highest BCUT2D eigenvalue weighted by molar-refractivity contribution is 6.11. The van der Waals surface area contributed by atoms with Crippen molar-refractivity contribution in [2.45, 2.75) is 39.0 Å². The van der Waals surface area contributed by atoms with E-state index in [0.717, 1.165) is 30.5 Å². The highest BCUT2D eigenvalue weighted by atomic mass is 14.4. The lowest BCUT2D eigenvalue weighted by molar-refractivity contribution is 0.832. The van der Waals surface area contributed by atoms with Crippen molar-refractivity contribution in [2.75, 3.05) is 0 Å². The third kappa shape index (κ3) is 2.78. The molecule has 1 unspecified atom stereocenters. The molecule has 0 amide bonds. The van der Waals surface area contributed by atoms with Gasteiger partial charge in [-0.25, -0.2) is 0 Å². The first kappa shape index (κ1) is 16.8. The lowest BCUT2D eigenvalue weighted by Gasteiger charge is -2.21. The number of benzene rings is 3. The maximum atomic E-state index is 8.85. The molecule has 0 aliphatic heterocycles. The van der Waals surface area contributed by atoms with Gasteiger partial charge in [0.1, 0.15) is 0 Å². The Hall–Kier alpha value is -2.67. The Bertz CT molecular complexity index is 1010. The topological polar surface area (TPSA) is 23.9 Å². The number of hydrogen-bond acceptors (Lipinski definition) is 1. The molecule has 1 N–H and O–H groups in total. The van der Waals surface area contributed by atoms with Crippen molar-refractivity contribution >= 4 is 22.6 Å². The van der Waals surface area contributed by atoms with Gasteiger partial charge >= 0.3 is 0 Å². The summed E-state index contributed by atoms with van der Waals surface area (Å²) in [7, 11) is 0. The summed E-state index contributed by atoms with van der Waals surface area (Å²) in [5.41, 5.74) is 7.25. The molecule has 26 heavy (non-hydrogen) atoms. The van der Waals surface area contributed by atoms with Crippen molar-refractivity contribution < 1.29 is 0 Å². The molecule has 4 rings (SSSR count). The minimum absolute atomic E-state index is 0.257. The summed E-state index contributed by atoms with van der Waals surface area (Å²) in [4.78, 5) is 0. The molecule has 0 fully saturated rings. The van der Waals surface area contributed by atoms with E-state index in [1.54, 1.807) is 0 Å². The fourth-order valence-electron chi connectivity index (χ4n) is 4.24. The smallest absolute Gasteiger partial charge is 0.0395 e. The summed E-state index contributed by atoms with van der Waals surface area (Å²) in [6.07, 6.45) is 5.33. The highest BCUT2D eigenvalue weighted by Crippen LogP contribution is 2.43. The zero-order valence-electron chi connectivity index (χ0n) is 15.5. The van der Waals surface area contributed by atoms with E-state index in [2.05, 4.69) is 80.6 Å². The number of allylic oxidation sites excluding steroid dienone is 1. The summed E-state index contributed by atoms with van der Waals surface area (Å²) < 4.78 is 0. The Balaban J connectivity index is 1.93. The molecule has 0 bridgehead atoms. The summed E-state index contributed by atoms with van der Waals surface area (Å²) in [5, 5.41) is 11.3. The number of rotatable bonds is 5. The summed E-state index contributed by atoms with van der Waals surface area (Å²) >= 11 is 0. The van der Waals surface area contributed by atoms with Gasteiger partial charge in [0.05, 0.1) is 0 Å². The number of unbranched alkanes of at least 4 members (excludes halogenated alkanes) is 1. The Kier molecular flexibility index (Phi) is 4.46. The molecule has 1 nitrogen and oxygen atoms in total. The van der Waals surface area contributed by atoms with Gasteiger partial charge in [-0.05, 0) is 47.2 Å². The van der Waals surface area contributed by atoms with Gasteiger partial charge in [0.2, 0.25) is 0 Å². The average Bonchev–Trinajstić information content (AvgIpc) is 3.00. The van der Waals surface area contributed by atoms with E-state index in [-0.39, 0.29) is 5.92 Å². The van der Waals surface area contributed by atoms with Crippen molar-refractivity contribution in [1.29, 1.82) is 5.41 Å². The molecule has 0 radical (unpaired) electrons. The van der Waals surface area contributed by atoms with Crippen LogP contribution in [0.5, 0.6) is 0 Å². The van der Waals surface area contributed by atoms with E-state index in [1.165, 1.54) is 33.0 Å². The van der Waals surface area contributed by atoms with E-state index in [1.807, 2.05) is 0 Å². The zero-order chi connectivity index (χ0) is 18.1. The van der Waals surface area contributed by atoms with Crippen LogP contribution in [0.2, 0.25) is 0 Å². The van der Waals surface area contributed by atoms with Crippen LogP contribution in [0.4, 0.5) is 0 Å². The van der Waals surface area contributed by atoms with Crippen molar-refractivity contribution in [3.05, 3.63) is 88.5 Å². The van der Waals surface area contributed by atoms with Crippen LogP contribution in [-0.4, -0.2) is 5.71 Å². The van der Waals surface area contributed by atoms with Gasteiger partial charge in [0, 0.05) is 17.2 Å². The van der Waals surface area contributed by atoms with Crippen molar-refractivity contribution in [3.63, 3.8) is 0 Å². The van der Waals surface area contributed by atoms with E-state index in [4.69, 9.17) is 5.41 Å². The predicted molar refractivity (Wildman–Crippen MR) is 112 cm³/mol. The first-order chi connectivity index (χ1) is 12.7. The lowest BCUT2D eigenvalue weighted by Crippen LogP contribution is -2.10. The summed E-state index contributed by atoms with van der Waals surface area (Å²) in [5.74, 6) is 0.257. The molecular formula is C25H25N. The van der Waals surface area contributed by atoms with Crippen molar-refractivity contribution in [3.8, 4) is 0 Å². The molecule has 3 aromatic rings. The molecule has 0 saturated heterocycles. The van der Waals surface area contributed by atoms with Gasteiger partial charge in [0.15, 0.2) is 0 Å². The molecule has 0 spiro atoms. The summed E-state index contributed by atoms with van der Waals surface area (Å²) in [6, 6.07) is 21.6. The minimum atomic E-state index is 0.257. The highest BCUT2D eigenvalue weighted by Gasteiger charge is 2.27. The van der Waals surface area contributed by atoms with Gasteiger partial charge in [-0.3, -0.25) is 0 Å². The van der Waals surface area contributed by atoms with E-state index in [0.29, 0.717) is 0 Å². The van der Waals surface area contributed by atoms with Gasteiger partial charge in [-0.1, -0.05) is 85.7 Å². The van der Waals surface area contributed by atoms with Gasteiger partial charge < -0.3 is 5.41 Å². The third-order valence-electron chi connectivity index (χ3n) is 5.50. The molecule has 1 atom stereocenters. The standard InChI is InChI=1S/C25H25N/c1-3-4-13-23(26)25-20-11-7-5-9-18(20)14-15-22(25)24-17(2)16-19-10-6-8-12-21(19)24/h5-12,14-16,24,26H,3-4,13H2,1-2H3. The van der Waals surface area contributed by atoms with Crippen LogP contribution in [0, 0.1) is 5.41 Å². The molecule has 1 aliphatic carbocycles. The second-order valence-electron chi connectivity index (χ2n) is 7.28. The quantitative estimate of drug-likeness (QED) is 0.486. The van der Waals surface area contributed by atoms with Crippen LogP contribution >= 0.6 is 0 Å². The number of hydrogen-bond donors (Lipinski definition) is 1. The third-order valence-corrected chi connectivity index (χ3v) is 5.50. The monoisotopic (exact) mass is 339 g/mol. The maximum absolute atomic E-state index is 8.85. The molecule has 1 aliphatic rings. The number of nitrogens with one attached hydrogen (secondary N) is 1. The Morgan fingerprint density at radius 2 is 1.69 bits per heavy atom. The van der Waals surface area contributed by atoms with Crippen molar-refractivity contribution in [1.82, 2.24) is 0 Å². The van der Waals surface area contributed by atoms with Crippen LogP contribution in [0.15, 0.2) is 66.2 Å². The Labute approximate surface area is 155 Å². The molecule has 0 aromatic heterocycles. The van der Waals surface area contributed by atoms with Gasteiger partial charge in [0.25, 0.3) is 0 Å². The largest absolute Gasteiger partial charge is 0.305 e. The second kappa shape index (κ2) is 6.92. The molecular weight excluding hydrogens is 314 g/mol. The SMILES string of the molecule is CCCCC(=N)c1c(C2C(C)=Cc3ccccc32)ccc2ccccc12. The molecule has 0 heterocycles. The van der Waals surface area contributed by atoms with Crippen molar-refractivity contribution in [2.24, 2.45) is 0 Å². The van der Waals surface area contributed by atoms with E-state index < -0.39 is 0 Å². The second-order valence-corrected chi connectivity index (χ2v) is 7.28. The van der Waals surface area contributed by atoms with Gasteiger partial charge in [-0.15, -0.1) is 0 Å². The fraction of sp³-hybridized carbons (Fsp3) is 0.240. The normalized spacial score (nSPS) is 15.8. The molecule has 3 aromatic carbocycles. The van der Waals surface area contributed by atoms with Crippen LogP contribution in [-0.2, 0) is 0 Å². The maximum Gasteiger partial charge on any atom is 0.0395 e. The Morgan fingerprint density at radius 3 is 2.54 bits per heavy atom. The predicted octanol–water partition coefficient (Wildman–Crippen LogP) is 6.95. The Morgan fingerprint density at radius 1 is 0.923 bits per heavy atom. The number of fused-ring (bicyclic) bond motifs is 2. The van der Waals surface area contributed by atoms with Crippen LogP contribution < -0.4 is 0 Å². The molecule has 1 heteroatoms. The molecule has 0 saturated carbocycles. The van der Waals surface area contributed by atoms with Gasteiger partial charge in [-0.2, -0.15) is 0 Å². The average molecular weight is 339 g/mol. The van der Waals surface area contributed by atoms with Crippen LogP contribution in [0.25, 0.3) is 16.8 Å². The minimum Gasteiger partial charge on any atom is -0.305 e. The first-order valence-electron chi connectivity index (χ1n) is 9.57. The fourth-order valence-corrected chi connectivity index (χ4v) is 4.24. The van der Waals surface area contributed by atoms with Crippen LogP contribution in [0.1, 0.15) is 61.3 Å². The zero-order valence-corrected chi connectivity index (χ0v) is 15.5. The van der Waals surface area contributed by atoms with E-state index in [9.17, 15) is 0 Å². The first-order valence-corrected chi connectivity index (χ1v) is 9.57. The molecule has 130 valence electrons. The summed E-state index contributed by atoms with van der Waals surface area (Å²) in [6.45, 7) is 4.41.